The molecule has 0 amide bonds. The number of alkyl halides is 1. The third-order valence-corrected chi connectivity index (χ3v) is 1.98. The monoisotopic (exact) mass is 211 g/mol. The average molecular weight is 212 g/mol. The third kappa shape index (κ3) is 3.02. The zero-order valence-corrected chi connectivity index (χ0v) is 8.66. The highest BCUT2D eigenvalue weighted by atomic mass is 35.5. The summed E-state index contributed by atoms with van der Waals surface area (Å²) in [6.45, 7) is 0.596. The molecule has 0 fully saturated rings. The fourth-order valence-corrected chi connectivity index (χ4v) is 1.18. The molecule has 0 heterocycles. The van der Waals surface area contributed by atoms with Gasteiger partial charge >= 0.3 is 0 Å². The van der Waals surface area contributed by atoms with Crippen molar-refractivity contribution in [3.8, 4) is 11.8 Å². The molecule has 0 aliphatic rings. The van der Waals surface area contributed by atoms with Crippen LogP contribution in [0, 0.1) is 17.7 Å². The van der Waals surface area contributed by atoms with Crippen molar-refractivity contribution >= 4 is 11.6 Å². The first-order valence-electron chi connectivity index (χ1n) is 4.25. The molecule has 0 bridgehead atoms. The number of hydrogen-bond donors (Lipinski definition) is 1. The molecule has 1 nitrogen and oxygen atoms in total. The fourth-order valence-electron chi connectivity index (χ4n) is 0.968. The molecule has 0 spiro atoms. The second-order valence-corrected chi connectivity index (χ2v) is 3.04. The Bertz CT molecular complexity index is 365. The predicted molar refractivity (Wildman–Crippen MR) is 56.8 cm³/mol. The van der Waals surface area contributed by atoms with Crippen molar-refractivity contribution in [2.75, 3.05) is 13.6 Å². The highest BCUT2D eigenvalue weighted by Gasteiger charge is 2.00. The van der Waals surface area contributed by atoms with Crippen molar-refractivity contribution in [3.63, 3.8) is 0 Å². The molecule has 0 aliphatic carbocycles. The summed E-state index contributed by atoms with van der Waals surface area (Å²) in [5.74, 6) is 5.59. The number of nitrogens with one attached hydrogen (secondary N) is 1. The summed E-state index contributed by atoms with van der Waals surface area (Å²) in [6.07, 6.45) is 0. The van der Waals surface area contributed by atoms with E-state index < -0.39 is 0 Å². The molecule has 0 aliphatic heterocycles. The van der Waals surface area contributed by atoms with Gasteiger partial charge in [0.15, 0.2) is 0 Å². The van der Waals surface area contributed by atoms with Gasteiger partial charge in [-0.3, -0.25) is 0 Å². The van der Waals surface area contributed by atoms with Crippen LogP contribution in [0.1, 0.15) is 11.1 Å². The third-order valence-electron chi connectivity index (χ3n) is 1.69. The van der Waals surface area contributed by atoms with Crippen molar-refractivity contribution in [2.45, 2.75) is 5.88 Å². The van der Waals surface area contributed by atoms with Crippen molar-refractivity contribution in [2.24, 2.45) is 0 Å². The van der Waals surface area contributed by atoms with Gasteiger partial charge in [0.25, 0.3) is 0 Å². The Morgan fingerprint density at radius 3 is 2.86 bits per heavy atom. The van der Waals surface area contributed by atoms with Gasteiger partial charge in [-0.25, -0.2) is 4.39 Å². The van der Waals surface area contributed by atoms with Crippen LogP contribution in [0.2, 0.25) is 0 Å². The van der Waals surface area contributed by atoms with Crippen LogP contribution in [0.3, 0.4) is 0 Å². The summed E-state index contributed by atoms with van der Waals surface area (Å²) in [4.78, 5) is 0. The molecule has 14 heavy (non-hydrogen) atoms. The van der Waals surface area contributed by atoms with Crippen molar-refractivity contribution < 1.29 is 4.39 Å². The maximum atomic E-state index is 13.2. The van der Waals surface area contributed by atoms with Crippen molar-refractivity contribution in [1.82, 2.24) is 5.32 Å². The second kappa shape index (κ2) is 5.64. The minimum Gasteiger partial charge on any atom is -0.309 e. The molecule has 0 atom stereocenters. The largest absolute Gasteiger partial charge is 0.309 e. The molecule has 3 heteroatoms. The summed E-state index contributed by atoms with van der Waals surface area (Å²) < 4.78 is 13.2. The van der Waals surface area contributed by atoms with E-state index in [0.717, 1.165) is 0 Å². The highest BCUT2D eigenvalue weighted by molar-refractivity contribution is 6.17. The summed E-state index contributed by atoms with van der Waals surface area (Å²) in [5.41, 5.74) is 1.18. The first kappa shape index (κ1) is 11.0. The van der Waals surface area contributed by atoms with Crippen molar-refractivity contribution in [3.05, 3.63) is 35.1 Å². The van der Waals surface area contributed by atoms with E-state index in [2.05, 4.69) is 17.2 Å². The van der Waals surface area contributed by atoms with Gasteiger partial charge in [0.2, 0.25) is 0 Å². The van der Waals surface area contributed by atoms with Gasteiger partial charge < -0.3 is 5.32 Å². The van der Waals surface area contributed by atoms with Crippen LogP contribution in [-0.4, -0.2) is 13.6 Å². The summed E-state index contributed by atoms with van der Waals surface area (Å²) in [6, 6.07) is 4.83. The van der Waals surface area contributed by atoms with E-state index in [0.29, 0.717) is 17.7 Å². The van der Waals surface area contributed by atoms with Gasteiger partial charge in [-0.15, -0.1) is 11.6 Å². The van der Waals surface area contributed by atoms with Gasteiger partial charge in [0.05, 0.1) is 12.4 Å². The zero-order valence-electron chi connectivity index (χ0n) is 7.90. The minimum atomic E-state index is -0.295. The van der Waals surface area contributed by atoms with Crippen LogP contribution in [0.4, 0.5) is 4.39 Å². The Labute approximate surface area is 88.3 Å². The lowest BCUT2D eigenvalue weighted by Gasteiger charge is -1.97. The van der Waals surface area contributed by atoms with Gasteiger partial charge in [-0.2, -0.15) is 0 Å². The topological polar surface area (TPSA) is 12.0 Å². The van der Waals surface area contributed by atoms with E-state index in [1.54, 1.807) is 12.1 Å². The first-order chi connectivity index (χ1) is 6.77. The lowest BCUT2D eigenvalue weighted by molar-refractivity contribution is 0.616. The highest BCUT2D eigenvalue weighted by Crippen LogP contribution is 2.11. The van der Waals surface area contributed by atoms with E-state index in [-0.39, 0.29) is 11.7 Å². The lowest BCUT2D eigenvalue weighted by atomic mass is 10.1. The van der Waals surface area contributed by atoms with Crippen LogP contribution in [0.25, 0.3) is 0 Å². The van der Waals surface area contributed by atoms with Gasteiger partial charge in [-0.1, -0.05) is 17.9 Å². The average Bonchev–Trinajstić information content (AvgIpc) is 2.18. The standard InChI is InChI=1S/C11H11ClFN/c1-14-6-2-3-9-4-5-10(8-12)11(13)7-9/h4-5,7,14H,6,8H2,1H3. The molecule has 74 valence electrons. The summed E-state index contributed by atoms with van der Waals surface area (Å²) >= 11 is 5.53. The van der Waals surface area contributed by atoms with E-state index in [9.17, 15) is 4.39 Å². The van der Waals surface area contributed by atoms with Crippen LogP contribution < -0.4 is 5.32 Å². The van der Waals surface area contributed by atoms with Crippen molar-refractivity contribution in [1.29, 1.82) is 0 Å². The number of hydrogen-bond acceptors (Lipinski definition) is 1. The zero-order chi connectivity index (χ0) is 10.4. The van der Waals surface area contributed by atoms with E-state index >= 15 is 0 Å². The number of benzene rings is 1. The molecule has 0 radical (unpaired) electrons. The Balaban J connectivity index is 2.82. The molecular weight excluding hydrogens is 201 g/mol. The molecule has 1 N–H and O–H groups in total. The Hall–Kier alpha value is -1.04. The number of rotatable bonds is 2. The fraction of sp³-hybridized carbons (Fsp3) is 0.273. The van der Waals surface area contributed by atoms with Gasteiger partial charge in [0.1, 0.15) is 5.82 Å². The van der Waals surface area contributed by atoms with E-state index in [1.807, 2.05) is 7.05 Å². The van der Waals surface area contributed by atoms with Crippen LogP contribution in [0.5, 0.6) is 0 Å². The molecule has 0 saturated carbocycles. The Morgan fingerprint density at radius 1 is 1.50 bits per heavy atom. The molecule has 0 unspecified atom stereocenters. The summed E-state index contributed by atoms with van der Waals surface area (Å²) in [5, 5.41) is 2.89. The smallest absolute Gasteiger partial charge is 0.128 e. The van der Waals surface area contributed by atoms with E-state index in [1.165, 1.54) is 6.07 Å². The predicted octanol–water partition coefficient (Wildman–Crippen LogP) is 2.14. The Kier molecular flexibility index (Phi) is 4.45. The molecular formula is C11H11ClFN. The molecule has 1 aromatic carbocycles. The lowest BCUT2D eigenvalue weighted by Crippen LogP contribution is -2.04. The van der Waals surface area contributed by atoms with Crippen LogP contribution in [-0.2, 0) is 5.88 Å². The minimum absolute atomic E-state index is 0.191. The molecule has 1 rings (SSSR count). The number of halogens is 2. The van der Waals surface area contributed by atoms with Gasteiger partial charge in [0, 0.05) is 11.1 Å². The SMILES string of the molecule is CNCC#Cc1ccc(CCl)c(F)c1. The first-order valence-corrected chi connectivity index (χ1v) is 4.79. The molecule has 0 saturated heterocycles. The van der Waals surface area contributed by atoms with E-state index in [4.69, 9.17) is 11.6 Å². The molecule has 1 aromatic rings. The maximum Gasteiger partial charge on any atom is 0.128 e. The Morgan fingerprint density at radius 2 is 2.29 bits per heavy atom. The van der Waals surface area contributed by atoms with Crippen LogP contribution >= 0.6 is 11.6 Å². The summed E-state index contributed by atoms with van der Waals surface area (Å²) in [7, 11) is 1.81. The quantitative estimate of drug-likeness (QED) is 0.584. The second-order valence-electron chi connectivity index (χ2n) is 2.77. The van der Waals surface area contributed by atoms with Crippen LogP contribution in [0.15, 0.2) is 18.2 Å². The van der Waals surface area contributed by atoms with Gasteiger partial charge in [-0.05, 0) is 19.2 Å². The molecule has 0 aromatic heterocycles. The normalized spacial score (nSPS) is 9.36. The maximum absolute atomic E-state index is 13.2.